The van der Waals surface area contributed by atoms with Crippen LogP contribution >= 0.6 is 0 Å². The van der Waals surface area contributed by atoms with Crippen LogP contribution in [-0.2, 0) is 4.74 Å². The fraction of sp³-hybridized carbons (Fsp3) is 0.333. The summed E-state index contributed by atoms with van der Waals surface area (Å²) in [5.74, 6) is 0.833. The van der Waals surface area contributed by atoms with Crippen LogP contribution in [0.4, 0.5) is 0 Å². The maximum Gasteiger partial charge on any atom is 0.189 e. The fourth-order valence-electron chi connectivity index (χ4n) is 1.68. The van der Waals surface area contributed by atoms with Crippen LogP contribution in [0.3, 0.4) is 0 Å². The normalized spacial score (nSPS) is 9.60. The third kappa shape index (κ3) is 5.06. The smallest absolute Gasteiger partial charge is 0.189 e. The van der Waals surface area contributed by atoms with Crippen molar-refractivity contribution in [2.24, 2.45) is 0 Å². The molecule has 108 valence electrons. The van der Waals surface area contributed by atoms with Gasteiger partial charge in [-0.25, -0.2) is 0 Å². The molecule has 0 heterocycles. The van der Waals surface area contributed by atoms with Gasteiger partial charge in [-0.15, -0.1) is 0 Å². The number of aryl methyl sites for hydroxylation is 1. The summed E-state index contributed by atoms with van der Waals surface area (Å²) in [5.41, 5.74) is 3.69. The molecule has 2 aromatic rings. The van der Waals surface area contributed by atoms with E-state index in [1.54, 1.807) is 0 Å². The zero-order valence-electron chi connectivity index (χ0n) is 12.8. The van der Waals surface area contributed by atoms with Crippen LogP contribution < -0.4 is 4.74 Å². The average molecular weight is 272 g/mol. The van der Waals surface area contributed by atoms with Crippen molar-refractivity contribution in [3.63, 3.8) is 0 Å². The maximum absolute atomic E-state index is 5.43. The van der Waals surface area contributed by atoms with Crippen molar-refractivity contribution in [2.45, 2.75) is 27.7 Å². The molecule has 20 heavy (non-hydrogen) atoms. The SMILES string of the molecule is CC.CCOCOc1ccc(-c2ccc(C)cc2)cc1. The van der Waals surface area contributed by atoms with Gasteiger partial charge in [0.15, 0.2) is 6.79 Å². The molecule has 0 fully saturated rings. The molecule has 0 N–H and O–H groups in total. The Morgan fingerprint density at radius 1 is 0.800 bits per heavy atom. The molecule has 0 spiro atoms. The van der Waals surface area contributed by atoms with Gasteiger partial charge in [0.2, 0.25) is 0 Å². The van der Waals surface area contributed by atoms with Gasteiger partial charge in [-0.2, -0.15) is 0 Å². The lowest BCUT2D eigenvalue weighted by molar-refractivity contribution is 0.0224. The van der Waals surface area contributed by atoms with E-state index in [4.69, 9.17) is 9.47 Å². The largest absolute Gasteiger partial charge is 0.468 e. The van der Waals surface area contributed by atoms with E-state index in [9.17, 15) is 0 Å². The van der Waals surface area contributed by atoms with E-state index in [1.807, 2.05) is 32.9 Å². The summed E-state index contributed by atoms with van der Waals surface area (Å²) in [7, 11) is 0. The van der Waals surface area contributed by atoms with Gasteiger partial charge in [0.25, 0.3) is 0 Å². The first-order valence-electron chi connectivity index (χ1n) is 7.17. The predicted molar refractivity (Wildman–Crippen MR) is 85.1 cm³/mol. The van der Waals surface area contributed by atoms with E-state index in [0.29, 0.717) is 13.4 Å². The van der Waals surface area contributed by atoms with E-state index in [0.717, 1.165) is 5.75 Å². The van der Waals surface area contributed by atoms with E-state index in [-0.39, 0.29) is 0 Å². The summed E-state index contributed by atoms with van der Waals surface area (Å²) in [6.45, 7) is 9.01. The number of hydrogen-bond donors (Lipinski definition) is 0. The molecule has 0 aliphatic heterocycles. The molecule has 0 saturated heterocycles. The van der Waals surface area contributed by atoms with Crippen LogP contribution in [0.25, 0.3) is 11.1 Å². The van der Waals surface area contributed by atoms with E-state index in [2.05, 4.69) is 43.3 Å². The van der Waals surface area contributed by atoms with Crippen LogP contribution in [0.5, 0.6) is 5.75 Å². The highest BCUT2D eigenvalue weighted by molar-refractivity contribution is 5.64. The molecule has 2 aromatic carbocycles. The van der Waals surface area contributed by atoms with Crippen molar-refractivity contribution in [3.8, 4) is 16.9 Å². The molecule has 0 aliphatic carbocycles. The van der Waals surface area contributed by atoms with Gasteiger partial charge in [-0.1, -0.05) is 55.8 Å². The summed E-state index contributed by atoms with van der Waals surface area (Å²) >= 11 is 0. The first-order chi connectivity index (χ1) is 9.79. The van der Waals surface area contributed by atoms with Crippen LogP contribution in [0.2, 0.25) is 0 Å². The van der Waals surface area contributed by atoms with Crippen LogP contribution in [0.15, 0.2) is 48.5 Å². The summed E-state index contributed by atoms with van der Waals surface area (Å²) in [6, 6.07) is 16.6. The first kappa shape index (κ1) is 16.3. The first-order valence-corrected chi connectivity index (χ1v) is 7.17. The minimum absolute atomic E-state index is 0.306. The zero-order valence-corrected chi connectivity index (χ0v) is 12.8. The summed E-state index contributed by atoms with van der Waals surface area (Å²) in [6.07, 6.45) is 0. The molecule has 2 nitrogen and oxygen atoms in total. The van der Waals surface area contributed by atoms with Crippen molar-refractivity contribution in [2.75, 3.05) is 13.4 Å². The van der Waals surface area contributed by atoms with Crippen molar-refractivity contribution in [1.82, 2.24) is 0 Å². The van der Waals surface area contributed by atoms with Gasteiger partial charge in [-0.05, 0) is 37.1 Å². The monoisotopic (exact) mass is 272 g/mol. The second-order valence-electron chi connectivity index (χ2n) is 4.15. The van der Waals surface area contributed by atoms with Crippen LogP contribution in [0, 0.1) is 6.92 Å². The Bertz CT molecular complexity index is 472. The Kier molecular flexibility index (Phi) is 7.44. The molecule has 2 heteroatoms. The average Bonchev–Trinajstić information content (AvgIpc) is 2.51. The standard InChI is InChI=1S/C16H18O2.C2H6/c1-3-17-12-18-16-10-8-15(9-11-16)14-6-4-13(2)5-7-14;1-2/h4-11H,3,12H2,1-2H3;1-2H3. The zero-order chi connectivity index (χ0) is 14.8. The summed E-state index contributed by atoms with van der Waals surface area (Å²) in [5, 5.41) is 0. The maximum atomic E-state index is 5.43. The molecular weight excluding hydrogens is 248 g/mol. The Morgan fingerprint density at radius 3 is 1.80 bits per heavy atom. The van der Waals surface area contributed by atoms with Gasteiger partial charge in [0.05, 0.1) is 0 Å². The Balaban J connectivity index is 0.000000956. The Labute approximate surface area is 122 Å². The lowest BCUT2D eigenvalue weighted by Gasteiger charge is -2.07. The van der Waals surface area contributed by atoms with Crippen LogP contribution in [-0.4, -0.2) is 13.4 Å². The van der Waals surface area contributed by atoms with Crippen molar-refractivity contribution >= 4 is 0 Å². The second-order valence-corrected chi connectivity index (χ2v) is 4.15. The minimum atomic E-state index is 0.306. The highest BCUT2D eigenvalue weighted by Crippen LogP contribution is 2.22. The fourth-order valence-corrected chi connectivity index (χ4v) is 1.68. The quantitative estimate of drug-likeness (QED) is 0.559. The number of rotatable bonds is 5. The predicted octanol–water partition coefficient (Wildman–Crippen LogP) is 5.06. The molecule has 0 aromatic heterocycles. The van der Waals surface area contributed by atoms with Gasteiger partial charge >= 0.3 is 0 Å². The molecule has 0 radical (unpaired) electrons. The Morgan fingerprint density at radius 2 is 1.30 bits per heavy atom. The topological polar surface area (TPSA) is 18.5 Å². The van der Waals surface area contributed by atoms with Gasteiger partial charge < -0.3 is 9.47 Å². The molecule has 0 unspecified atom stereocenters. The summed E-state index contributed by atoms with van der Waals surface area (Å²) < 4.78 is 10.6. The number of ether oxygens (including phenoxy) is 2. The second kappa shape index (κ2) is 9.16. The molecule has 2 rings (SSSR count). The summed E-state index contributed by atoms with van der Waals surface area (Å²) in [4.78, 5) is 0. The number of benzene rings is 2. The third-order valence-corrected chi connectivity index (χ3v) is 2.75. The molecule has 0 aliphatic rings. The molecule has 0 atom stereocenters. The van der Waals surface area contributed by atoms with Crippen molar-refractivity contribution < 1.29 is 9.47 Å². The van der Waals surface area contributed by atoms with Crippen molar-refractivity contribution in [3.05, 3.63) is 54.1 Å². The van der Waals surface area contributed by atoms with Gasteiger partial charge in [-0.3, -0.25) is 0 Å². The van der Waals surface area contributed by atoms with E-state index >= 15 is 0 Å². The minimum Gasteiger partial charge on any atom is -0.468 e. The molecule has 0 saturated carbocycles. The highest BCUT2D eigenvalue weighted by Gasteiger charge is 1.98. The van der Waals surface area contributed by atoms with Gasteiger partial charge in [0.1, 0.15) is 5.75 Å². The lowest BCUT2D eigenvalue weighted by atomic mass is 10.0. The third-order valence-electron chi connectivity index (χ3n) is 2.75. The molecule has 0 amide bonds. The number of hydrogen-bond acceptors (Lipinski definition) is 2. The van der Waals surface area contributed by atoms with Gasteiger partial charge in [0, 0.05) is 6.61 Å². The van der Waals surface area contributed by atoms with E-state index < -0.39 is 0 Å². The van der Waals surface area contributed by atoms with Crippen LogP contribution in [0.1, 0.15) is 26.3 Å². The highest BCUT2D eigenvalue weighted by atomic mass is 16.7. The Hall–Kier alpha value is -1.80. The van der Waals surface area contributed by atoms with E-state index in [1.165, 1.54) is 16.7 Å². The molecule has 0 bridgehead atoms. The lowest BCUT2D eigenvalue weighted by Crippen LogP contribution is -2.01. The van der Waals surface area contributed by atoms with Crippen molar-refractivity contribution in [1.29, 1.82) is 0 Å². The molecular formula is C18H24O2.